The molecule has 0 radical (unpaired) electrons. The van der Waals surface area contributed by atoms with Crippen molar-refractivity contribution in [3.8, 4) is 0 Å². The van der Waals surface area contributed by atoms with Crippen molar-refractivity contribution >= 4 is 46.4 Å². The number of anilines is 1. The lowest BCUT2D eigenvalue weighted by Crippen LogP contribution is -2.21. The maximum absolute atomic E-state index is 12.2. The Morgan fingerprint density at radius 2 is 1.81 bits per heavy atom. The summed E-state index contributed by atoms with van der Waals surface area (Å²) in [6, 6.07) is 9.41. The number of thiophene rings is 1. The maximum atomic E-state index is 12.2. The van der Waals surface area contributed by atoms with E-state index in [9.17, 15) is 23.2 Å². The van der Waals surface area contributed by atoms with Gasteiger partial charge < -0.3 is 10.1 Å². The molecule has 0 saturated heterocycles. The minimum absolute atomic E-state index is 0.0175. The Labute approximate surface area is 163 Å². The zero-order valence-electron chi connectivity index (χ0n) is 14.4. The van der Waals surface area contributed by atoms with Crippen LogP contribution in [0.1, 0.15) is 27.4 Å². The molecule has 1 aromatic carbocycles. The van der Waals surface area contributed by atoms with Crippen molar-refractivity contribution < 1.29 is 27.9 Å². The first kappa shape index (κ1) is 21.0. The van der Waals surface area contributed by atoms with Gasteiger partial charge in [0.1, 0.15) is 0 Å². The normalized spacial score (nSPS) is 10.7. The molecule has 0 aliphatic heterocycles. The molecule has 0 aliphatic rings. The molecule has 27 heavy (non-hydrogen) atoms. The molecule has 9 heteroatoms. The number of halogens is 2. The van der Waals surface area contributed by atoms with Gasteiger partial charge >= 0.3 is 5.97 Å². The minimum atomic E-state index is -2.51. The fraction of sp³-hybridized carbons (Fsp3) is 0.278. The van der Waals surface area contributed by atoms with Crippen LogP contribution < -0.4 is 5.32 Å². The number of thioether (sulfide) groups is 1. The number of Topliss-reactive ketones (excluding diaryl/α,β-unsaturated/α-hetero) is 1. The molecule has 0 atom stereocenters. The number of hydrogen-bond donors (Lipinski definition) is 1. The second-order valence-electron chi connectivity index (χ2n) is 5.45. The molecule has 2 rings (SSSR count). The second-order valence-corrected chi connectivity index (χ2v) is 7.80. The lowest BCUT2D eigenvalue weighted by atomic mass is 10.2. The Morgan fingerprint density at radius 3 is 2.41 bits per heavy atom. The van der Waals surface area contributed by atoms with Gasteiger partial charge in [0.05, 0.1) is 11.3 Å². The molecule has 0 bridgehead atoms. The minimum Gasteiger partial charge on any atom is -0.456 e. The fourth-order valence-electron chi connectivity index (χ4n) is 2.06. The molecule has 5 nitrogen and oxygen atoms in total. The van der Waals surface area contributed by atoms with Gasteiger partial charge in [-0.3, -0.25) is 14.4 Å². The first-order valence-electron chi connectivity index (χ1n) is 7.93. The van der Waals surface area contributed by atoms with Crippen molar-refractivity contribution in [2.75, 3.05) is 11.9 Å². The summed E-state index contributed by atoms with van der Waals surface area (Å²) in [6.45, 7) is 1.40. The molecule has 1 N–H and O–H groups in total. The zero-order chi connectivity index (χ0) is 19.8. The number of ketones is 1. The van der Waals surface area contributed by atoms with E-state index in [0.717, 1.165) is 4.88 Å². The highest BCUT2D eigenvalue weighted by Gasteiger charge is 2.13. The fourth-order valence-corrected chi connectivity index (χ4v) is 3.39. The second kappa shape index (κ2) is 10.2. The van der Waals surface area contributed by atoms with Gasteiger partial charge in [-0.05, 0) is 43.3 Å². The van der Waals surface area contributed by atoms with E-state index >= 15 is 0 Å². The quantitative estimate of drug-likeness (QED) is 0.372. The number of benzene rings is 1. The predicted molar refractivity (Wildman–Crippen MR) is 101 cm³/mol. The van der Waals surface area contributed by atoms with E-state index in [1.165, 1.54) is 35.6 Å². The molecule has 144 valence electrons. The van der Waals surface area contributed by atoms with Crippen molar-refractivity contribution in [3.05, 3.63) is 46.2 Å². The third-order valence-electron chi connectivity index (χ3n) is 3.30. The van der Waals surface area contributed by atoms with Crippen LogP contribution >= 0.6 is 23.1 Å². The number of hydrogen-bond acceptors (Lipinski definition) is 6. The van der Waals surface area contributed by atoms with E-state index in [1.54, 1.807) is 6.07 Å². The van der Waals surface area contributed by atoms with Crippen molar-refractivity contribution in [2.45, 2.75) is 30.4 Å². The van der Waals surface area contributed by atoms with E-state index in [1.807, 2.05) is 13.0 Å². The van der Waals surface area contributed by atoms with Crippen LogP contribution in [0.5, 0.6) is 0 Å². The first-order valence-corrected chi connectivity index (χ1v) is 9.63. The van der Waals surface area contributed by atoms with Gasteiger partial charge in [0.15, 0.2) is 12.4 Å². The number of nitrogens with one attached hydrogen (secondary N) is 1. The van der Waals surface area contributed by atoms with Crippen molar-refractivity contribution in [1.82, 2.24) is 0 Å². The molecular weight excluding hydrogens is 396 g/mol. The maximum Gasteiger partial charge on any atom is 0.306 e. The third kappa shape index (κ3) is 7.48. The van der Waals surface area contributed by atoms with Gasteiger partial charge in [-0.2, -0.15) is 8.78 Å². The molecule has 1 amide bonds. The van der Waals surface area contributed by atoms with E-state index in [-0.39, 0.29) is 18.6 Å². The Hall–Kier alpha value is -2.26. The number of alkyl halides is 2. The standard InChI is InChI=1S/C18H17F2NO4S2/c1-11-2-8-15(26-11)14(22)7-9-17(24)25-10-16(23)21-12-3-5-13(6-4-12)27-18(19)20/h2-6,8,18H,7,9-10H2,1H3,(H,21,23). The Balaban J connectivity index is 1.70. The number of esters is 1. The van der Waals surface area contributed by atoms with Crippen LogP contribution in [0.3, 0.4) is 0 Å². The summed E-state index contributed by atoms with van der Waals surface area (Å²) in [5, 5.41) is 2.49. The van der Waals surface area contributed by atoms with E-state index in [4.69, 9.17) is 4.74 Å². The highest BCUT2D eigenvalue weighted by molar-refractivity contribution is 7.99. The Bertz CT molecular complexity index is 806. The molecule has 1 heterocycles. The van der Waals surface area contributed by atoms with Gasteiger partial charge in [-0.1, -0.05) is 11.8 Å². The highest BCUT2D eigenvalue weighted by atomic mass is 32.2. The van der Waals surface area contributed by atoms with Crippen molar-refractivity contribution in [2.24, 2.45) is 0 Å². The largest absolute Gasteiger partial charge is 0.456 e. The lowest BCUT2D eigenvalue weighted by Gasteiger charge is -2.07. The predicted octanol–water partition coefficient (Wildman–Crippen LogP) is 4.52. The van der Waals surface area contributed by atoms with E-state index < -0.39 is 24.2 Å². The van der Waals surface area contributed by atoms with Crippen LogP contribution in [-0.2, 0) is 14.3 Å². The number of carbonyl (C=O) groups excluding carboxylic acids is 3. The third-order valence-corrected chi connectivity index (χ3v) is 5.06. The SMILES string of the molecule is Cc1ccc(C(=O)CCC(=O)OCC(=O)Nc2ccc(SC(F)F)cc2)s1. The summed E-state index contributed by atoms with van der Waals surface area (Å²) in [5.41, 5.74) is 0.401. The summed E-state index contributed by atoms with van der Waals surface area (Å²) in [4.78, 5) is 37.3. The summed E-state index contributed by atoms with van der Waals surface area (Å²) in [5.74, 6) is -3.86. The Kier molecular flexibility index (Phi) is 7.93. The van der Waals surface area contributed by atoms with Crippen molar-refractivity contribution in [3.63, 3.8) is 0 Å². The van der Waals surface area contributed by atoms with Gasteiger partial charge in [0.2, 0.25) is 0 Å². The number of rotatable bonds is 9. The average molecular weight is 413 g/mol. The lowest BCUT2D eigenvalue weighted by molar-refractivity contribution is -0.147. The first-order chi connectivity index (χ1) is 12.8. The van der Waals surface area contributed by atoms with Crippen LogP contribution in [-0.4, -0.2) is 30.0 Å². The number of aryl methyl sites for hydroxylation is 1. The highest BCUT2D eigenvalue weighted by Crippen LogP contribution is 2.26. The summed E-state index contributed by atoms with van der Waals surface area (Å²) in [6.07, 6.45) is -0.0910. The summed E-state index contributed by atoms with van der Waals surface area (Å²) in [7, 11) is 0. The molecular formula is C18H17F2NO4S2. The summed E-state index contributed by atoms with van der Waals surface area (Å²) >= 11 is 1.77. The zero-order valence-corrected chi connectivity index (χ0v) is 16.0. The van der Waals surface area contributed by atoms with Crippen LogP contribution in [0, 0.1) is 6.92 Å². The Morgan fingerprint density at radius 1 is 1.11 bits per heavy atom. The molecule has 0 fully saturated rings. The summed E-state index contributed by atoms with van der Waals surface area (Å²) < 4.78 is 29.3. The van der Waals surface area contributed by atoms with E-state index in [0.29, 0.717) is 27.2 Å². The molecule has 0 spiro atoms. The molecule has 0 saturated carbocycles. The molecule has 1 aromatic heterocycles. The van der Waals surface area contributed by atoms with Crippen LogP contribution in [0.15, 0.2) is 41.3 Å². The van der Waals surface area contributed by atoms with Gasteiger partial charge in [-0.15, -0.1) is 11.3 Å². The smallest absolute Gasteiger partial charge is 0.306 e. The van der Waals surface area contributed by atoms with Crippen LogP contribution in [0.2, 0.25) is 0 Å². The van der Waals surface area contributed by atoms with Gasteiger partial charge in [0, 0.05) is 21.9 Å². The topological polar surface area (TPSA) is 72.5 Å². The van der Waals surface area contributed by atoms with Gasteiger partial charge in [-0.25, -0.2) is 0 Å². The molecule has 0 aliphatic carbocycles. The monoisotopic (exact) mass is 413 g/mol. The number of ether oxygens (including phenoxy) is 1. The van der Waals surface area contributed by atoms with Crippen LogP contribution in [0.25, 0.3) is 0 Å². The molecule has 2 aromatic rings. The van der Waals surface area contributed by atoms with Crippen molar-refractivity contribution in [1.29, 1.82) is 0 Å². The number of carbonyl (C=O) groups is 3. The van der Waals surface area contributed by atoms with Crippen LogP contribution in [0.4, 0.5) is 14.5 Å². The molecule has 0 unspecified atom stereocenters. The number of amides is 1. The van der Waals surface area contributed by atoms with Gasteiger partial charge in [0.25, 0.3) is 11.7 Å². The van der Waals surface area contributed by atoms with E-state index in [2.05, 4.69) is 5.32 Å². The average Bonchev–Trinajstić information content (AvgIpc) is 3.05.